The van der Waals surface area contributed by atoms with E-state index in [-0.39, 0.29) is 5.88 Å². The zero-order valence-corrected chi connectivity index (χ0v) is 7.26. The topological polar surface area (TPSA) is 38.1 Å². The Bertz CT molecular complexity index is 253. The molecule has 0 aliphatic rings. The maximum absolute atomic E-state index is 9.31. The molecule has 1 aromatic rings. The van der Waals surface area contributed by atoms with E-state index in [1.54, 1.807) is 4.68 Å². The third-order valence-electron chi connectivity index (χ3n) is 1.94. The van der Waals surface area contributed by atoms with E-state index in [0.717, 1.165) is 24.1 Å². The van der Waals surface area contributed by atoms with E-state index in [1.807, 2.05) is 14.0 Å². The Balaban J connectivity index is 3.02. The molecule has 0 aliphatic carbocycles. The number of hydrogen-bond donors (Lipinski definition) is 1. The Labute approximate surface area is 66.7 Å². The molecule has 0 saturated carbocycles. The van der Waals surface area contributed by atoms with Crippen LogP contribution in [0.1, 0.15) is 24.6 Å². The normalized spacial score (nSPS) is 10.5. The van der Waals surface area contributed by atoms with Gasteiger partial charge in [-0.25, -0.2) is 0 Å². The monoisotopic (exact) mass is 154 g/mol. The summed E-state index contributed by atoms with van der Waals surface area (Å²) in [5.74, 6) is 0.187. The highest BCUT2D eigenvalue weighted by molar-refractivity contribution is 5.29. The van der Waals surface area contributed by atoms with Gasteiger partial charge in [0.2, 0.25) is 5.88 Å². The molecule has 0 fully saturated rings. The molecule has 1 rings (SSSR count). The van der Waals surface area contributed by atoms with Crippen LogP contribution in [0.2, 0.25) is 0 Å². The lowest BCUT2D eigenvalue weighted by atomic mass is 10.1. The largest absolute Gasteiger partial charge is 0.492 e. The zero-order valence-electron chi connectivity index (χ0n) is 7.26. The van der Waals surface area contributed by atoms with Crippen LogP contribution in [0.5, 0.6) is 5.88 Å². The van der Waals surface area contributed by atoms with Crippen LogP contribution >= 0.6 is 0 Å². The van der Waals surface area contributed by atoms with E-state index >= 15 is 0 Å². The lowest BCUT2D eigenvalue weighted by Gasteiger charge is -1.96. The first-order valence-electron chi connectivity index (χ1n) is 3.88. The van der Waals surface area contributed by atoms with Gasteiger partial charge in [-0.2, -0.15) is 0 Å². The highest BCUT2D eigenvalue weighted by Crippen LogP contribution is 2.19. The van der Waals surface area contributed by atoms with Gasteiger partial charge in [0.05, 0.1) is 0 Å². The van der Waals surface area contributed by atoms with Gasteiger partial charge in [-0.15, -0.1) is 5.10 Å². The van der Waals surface area contributed by atoms with Crippen LogP contribution in [-0.4, -0.2) is 14.9 Å². The first kappa shape index (κ1) is 8.11. The van der Waals surface area contributed by atoms with Gasteiger partial charge in [0.1, 0.15) is 0 Å². The average Bonchev–Trinajstić information content (AvgIpc) is 2.17. The maximum Gasteiger partial charge on any atom is 0.233 e. The Hall–Kier alpha value is -0.990. The fourth-order valence-electron chi connectivity index (χ4n) is 1.18. The lowest BCUT2D eigenvalue weighted by molar-refractivity contribution is 0.438. The van der Waals surface area contributed by atoms with Crippen LogP contribution in [0.3, 0.4) is 0 Å². The Morgan fingerprint density at radius 1 is 1.55 bits per heavy atom. The Morgan fingerprint density at radius 3 is 2.55 bits per heavy atom. The van der Waals surface area contributed by atoms with Crippen LogP contribution in [0.25, 0.3) is 0 Å². The molecule has 3 nitrogen and oxygen atoms in total. The minimum Gasteiger partial charge on any atom is -0.492 e. The van der Waals surface area contributed by atoms with Gasteiger partial charge in [-0.3, -0.25) is 4.68 Å². The fourth-order valence-corrected chi connectivity index (χ4v) is 1.18. The van der Waals surface area contributed by atoms with Crippen molar-refractivity contribution in [2.24, 2.45) is 7.05 Å². The van der Waals surface area contributed by atoms with Gasteiger partial charge in [-0.05, 0) is 13.3 Å². The first-order valence-corrected chi connectivity index (χ1v) is 3.88. The molecule has 0 aliphatic heterocycles. The summed E-state index contributed by atoms with van der Waals surface area (Å²) >= 11 is 0. The van der Waals surface area contributed by atoms with Gasteiger partial charge in [0, 0.05) is 18.3 Å². The smallest absolute Gasteiger partial charge is 0.233 e. The molecule has 1 heterocycles. The second-order valence-corrected chi connectivity index (χ2v) is 2.76. The molecule has 0 unspecified atom stereocenters. The van der Waals surface area contributed by atoms with Crippen molar-refractivity contribution in [2.75, 3.05) is 0 Å². The molecule has 1 aromatic heterocycles. The predicted molar refractivity (Wildman–Crippen MR) is 43.6 cm³/mol. The molecule has 0 atom stereocenters. The van der Waals surface area contributed by atoms with E-state index in [9.17, 15) is 5.11 Å². The second kappa shape index (κ2) is 2.95. The Morgan fingerprint density at radius 2 is 2.18 bits per heavy atom. The summed E-state index contributed by atoms with van der Waals surface area (Å²) in [5.41, 5.74) is 2.04. The van der Waals surface area contributed by atoms with Gasteiger partial charge >= 0.3 is 0 Å². The van der Waals surface area contributed by atoms with Crippen LogP contribution in [0, 0.1) is 6.92 Å². The van der Waals surface area contributed by atoms with Crippen molar-refractivity contribution in [3.63, 3.8) is 0 Å². The predicted octanol–water partition coefficient (Wildman–Crippen LogP) is 1.39. The molecule has 11 heavy (non-hydrogen) atoms. The quantitative estimate of drug-likeness (QED) is 0.699. The van der Waals surface area contributed by atoms with E-state index in [4.69, 9.17) is 0 Å². The molecular weight excluding hydrogens is 140 g/mol. The summed E-state index contributed by atoms with van der Waals surface area (Å²) in [6.45, 7) is 4.06. The van der Waals surface area contributed by atoms with E-state index in [1.165, 1.54) is 0 Å². The number of nitrogens with zero attached hydrogens (tertiary/aromatic N) is 2. The molecule has 62 valence electrons. The van der Waals surface area contributed by atoms with Gasteiger partial charge < -0.3 is 5.11 Å². The third-order valence-corrected chi connectivity index (χ3v) is 1.94. The summed E-state index contributed by atoms with van der Waals surface area (Å²) in [4.78, 5) is 0. The SMILES string of the molecule is CCCc1c(O)nn(C)c1C. The van der Waals surface area contributed by atoms with Crippen LogP contribution < -0.4 is 0 Å². The third kappa shape index (κ3) is 1.37. The van der Waals surface area contributed by atoms with Crippen molar-refractivity contribution in [1.82, 2.24) is 9.78 Å². The van der Waals surface area contributed by atoms with Crippen molar-refractivity contribution in [3.05, 3.63) is 11.3 Å². The number of aryl methyl sites for hydroxylation is 1. The Kier molecular flexibility index (Phi) is 2.17. The molecule has 1 N–H and O–H groups in total. The van der Waals surface area contributed by atoms with E-state index in [2.05, 4.69) is 12.0 Å². The van der Waals surface area contributed by atoms with E-state index < -0.39 is 0 Å². The highest BCUT2D eigenvalue weighted by Gasteiger charge is 2.09. The van der Waals surface area contributed by atoms with Crippen LogP contribution in [0.4, 0.5) is 0 Å². The summed E-state index contributed by atoms with van der Waals surface area (Å²) in [7, 11) is 1.84. The van der Waals surface area contributed by atoms with Gasteiger partial charge in [-0.1, -0.05) is 13.3 Å². The maximum atomic E-state index is 9.31. The average molecular weight is 154 g/mol. The molecule has 0 spiro atoms. The van der Waals surface area contributed by atoms with Crippen molar-refractivity contribution in [2.45, 2.75) is 26.7 Å². The molecular formula is C8H14N2O. The summed E-state index contributed by atoms with van der Waals surface area (Å²) in [6, 6.07) is 0. The molecule has 0 saturated heterocycles. The molecule has 0 radical (unpaired) electrons. The molecule has 3 heteroatoms. The highest BCUT2D eigenvalue weighted by atomic mass is 16.3. The number of hydrogen-bond acceptors (Lipinski definition) is 2. The van der Waals surface area contributed by atoms with Crippen LogP contribution in [0.15, 0.2) is 0 Å². The van der Waals surface area contributed by atoms with E-state index in [0.29, 0.717) is 0 Å². The summed E-state index contributed by atoms with van der Waals surface area (Å²) in [5, 5.41) is 13.2. The molecule has 0 bridgehead atoms. The first-order chi connectivity index (χ1) is 5.16. The number of aromatic nitrogens is 2. The summed E-state index contributed by atoms with van der Waals surface area (Å²) in [6.07, 6.45) is 1.95. The van der Waals surface area contributed by atoms with Gasteiger partial charge in [0.25, 0.3) is 0 Å². The lowest BCUT2D eigenvalue weighted by Crippen LogP contribution is -1.93. The van der Waals surface area contributed by atoms with Gasteiger partial charge in [0.15, 0.2) is 0 Å². The second-order valence-electron chi connectivity index (χ2n) is 2.76. The number of rotatable bonds is 2. The molecule has 0 amide bonds. The zero-order chi connectivity index (χ0) is 8.43. The minimum atomic E-state index is 0.187. The number of aromatic hydroxyl groups is 1. The molecule has 0 aromatic carbocycles. The minimum absolute atomic E-state index is 0.187. The van der Waals surface area contributed by atoms with Crippen molar-refractivity contribution in [1.29, 1.82) is 0 Å². The van der Waals surface area contributed by atoms with Crippen molar-refractivity contribution in [3.8, 4) is 5.88 Å². The van der Waals surface area contributed by atoms with Crippen molar-refractivity contribution >= 4 is 0 Å². The summed E-state index contributed by atoms with van der Waals surface area (Å²) < 4.78 is 1.71. The standard InChI is InChI=1S/C8H14N2O/c1-4-5-7-6(2)10(3)9-8(7)11/h4-5H2,1-3H3,(H,9,11). The van der Waals surface area contributed by atoms with Crippen LogP contribution in [-0.2, 0) is 13.5 Å². The fraction of sp³-hybridized carbons (Fsp3) is 0.625. The van der Waals surface area contributed by atoms with Crippen molar-refractivity contribution < 1.29 is 5.11 Å².